The molecule has 0 saturated carbocycles. The van der Waals surface area contributed by atoms with Crippen LogP contribution >= 0.6 is 0 Å². The van der Waals surface area contributed by atoms with E-state index >= 15 is 0 Å². The van der Waals surface area contributed by atoms with Gasteiger partial charge in [0.1, 0.15) is 0 Å². The quantitative estimate of drug-likeness (QED) is 0.644. The van der Waals surface area contributed by atoms with Crippen molar-refractivity contribution in [3.05, 3.63) is 43.3 Å². The van der Waals surface area contributed by atoms with Crippen molar-refractivity contribution in [2.24, 2.45) is 0 Å². The van der Waals surface area contributed by atoms with E-state index in [-0.39, 0.29) is 28.5 Å². The fourth-order valence-corrected chi connectivity index (χ4v) is 0.534. The Bertz CT molecular complexity index is 134. The fourth-order valence-electron chi connectivity index (χ4n) is 0.534. The Morgan fingerprint density at radius 2 is 1.44 bits per heavy atom. The van der Waals surface area contributed by atoms with Gasteiger partial charge in [-0.15, -0.1) is 0 Å². The van der Waals surface area contributed by atoms with E-state index in [9.17, 15) is 0 Å². The first kappa shape index (κ1) is 11.7. The molecule has 1 aromatic rings. The third-order valence-corrected chi connectivity index (χ3v) is 0.940. The Kier molecular flexibility index (Phi) is 7.83. The molecule has 0 aromatic heterocycles. The molecule has 0 unspecified atom stereocenters. The number of aryl methyl sites for hydroxylation is 1. The molecule has 50 valence electrons. The van der Waals surface area contributed by atoms with Gasteiger partial charge >= 0.3 is 0 Å². The number of hydrogen-bond acceptors (Lipinski definition) is 0. The number of benzene rings is 1. The van der Waals surface area contributed by atoms with Gasteiger partial charge in [0.25, 0.3) is 0 Å². The van der Waals surface area contributed by atoms with Crippen LogP contribution in [0.15, 0.2) is 30.3 Å². The molecule has 0 bridgehead atoms. The van der Waals surface area contributed by atoms with E-state index in [1.165, 1.54) is 5.56 Å². The first-order chi connectivity index (χ1) is 3.39. The normalized spacial score (nSPS) is 6.78. The first-order valence-electron chi connectivity index (χ1n) is 2.41. The van der Waals surface area contributed by atoms with Gasteiger partial charge in [0.15, 0.2) is 0 Å². The summed E-state index contributed by atoms with van der Waals surface area (Å²) in [5.74, 6) is 0. The SMILES string of the molecule is Cc1ccccc1.[CH3-].[W]. The van der Waals surface area contributed by atoms with Gasteiger partial charge in [-0.2, -0.15) is 0 Å². The second-order valence-corrected chi connectivity index (χ2v) is 1.65. The molecule has 0 saturated heterocycles. The summed E-state index contributed by atoms with van der Waals surface area (Å²) in [6, 6.07) is 10.3. The van der Waals surface area contributed by atoms with E-state index in [4.69, 9.17) is 0 Å². The summed E-state index contributed by atoms with van der Waals surface area (Å²) in [6.07, 6.45) is 0. The molecule has 0 spiro atoms. The number of hydrogen-bond donors (Lipinski definition) is 0. The molecule has 0 aliphatic heterocycles. The summed E-state index contributed by atoms with van der Waals surface area (Å²) < 4.78 is 0. The number of rotatable bonds is 0. The minimum atomic E-state index is 0. The van der Waals surface area contributed by atoms with Crippen molar-refractivity contribution in [3.63, 3.8) is 0 Å². The van der Waals surface area contributed by atoms with Gasteiger partial charge in [-0.1, -0.05) is 35.9 Å². The first-order valence-corrected chi connectivity index (χ1v) is 2.41. The Hall–Kier alpha value is -0.0917. The van der Waals surface area contributed by atoms with Gasteiger partial charge in [-0.25, -0.2) is 0 Å². The Morgan fingerprint density at radius 3 is 1.67 bits per heavy atom. The molecule has 0 fully saturated rings. The summed E-state index contributed by atoms with van der Waals surface area (Å²) in [7, 11) is 0. The summed E-state index contributed by atoms with van der Waals surface area (Å²) in [5, 5.41) is 0. The molecule has 1 heteroatoms. The fraction of sp³-hybridized carbons (Fsp3) is 0.125. The molecule has 0 amide bonds. The van der Waals surface area contributed by atoms with Crippen molar-refractivity contribution in [3.8, 4) is 0 Å². The molecule has 0 radical (unpaired) electrons. The van der Waals surface area contributed by atoms with E-state index in [0.717, 1.165) is 0 Å². The zero-order chi connectivity index (χ0) is 5.11. The second kappa shape index (κ2) is 6.03. The van der Waals surface area contributed by atoms with Crippen molar-refractivity contribution < 1.29 is 21.1 Å². The van der Waals surface area contributed by atoms with E-state index in [1.54, 1.807) is 0 Å². The van der Waals surface area contributed by atoms with Gasteiger partial charge in [-0.3, -0.25) is 0 Å². The molecule has 9 heavy (non-hydrogen) atoms. The summed E-state index contributed by atoms with van der Waals surface area (Å²) in [4.78, 5) is 0. The van der Waals surface area contributed by atoms with Crippen LogP contribution < -0.4 is 0 Å². The molecular weight excluding hydrogens is 280 g/mol. The summed E-state index contributed by atoms with van der Waals surface area (Å²) >= 11 is 0. The standard InChI is InChI=1S/C7H8.CH3.W/c1-7-5-3-2-4-6-7;;/h2-6H,1H3;1H3;/q;-1;. The molecule has 0 atom stereocenters. The van der Waals surface area contributed by atoms with Gasteiger partial charge in [-0.05, 0) is 6.92 Å². The topological polar surface area (TPSA) is 0 Å². The smallest absolute Gasteiger partial charge is 0 e. The predicted octanol–water partition coefficient (Wildman–Crippen LogP) is 2.44. The minimum absolute atomic E-state index is 0. The van der Waals surface area contributed by atoms with Crippen molar-refractivity contribution >= 4 is 0 Å². The zero-order valence-electron chi connectivity index (χ0n) is 5.79. The Labute approximate surface area is 71.6 Å². The van der Waals surface area contributed by atoms with Crippen LogP contribution in [-0.4, -0.2) is 0 Å². The third-order valence-electron chi connectivity index (χ3n) is 0.940. The van der Waals surface area contributed by atoms with Crippen LogP contribution in [0.2, 0.25) is 0 Å². The van der Waals surface area contributed by atoms with Crippen LogP contribution in [0.1, 0.15) is 5.56 Å². The second-order valence-electron chi connectivity index (χ2n) is 1.65. The van der Waals surface area contributed by atoms with Crippen LogP contribution in [0, 0.1) is 14.4 Å². The predicted molar refractivity (Wildman–Crippen MR) is 37.6 cm³/mol. The van der Waals surface area contributed by atoms with Crippen LogP contribution in [-0.2, 0) is 21.1 Å². The largest absolute Gasteiger partial charge is 0.358 e. The maximum atomic E-state index is 2.08. The molecule has 1 aromatic carbocycles. The van der Waals surface area contributed by atoms with Crippen molar-refractivity contribution in [1.82, 2.24) is 0 Å². The minimum Gasteiger partial charge on any atom is -0.358 e. The van der Waals surface area contributed by atoms with Gasteiger partial charge < -0.3 is 7.43 Å². The molecule has 0 heterocycles. The summed E-state index contributed by atoms with van der Waals surface area (Å²) in [5.41, 5.74) is 1.32. The summed E-state index contributed by atoms with van der Waals surface area (Å²) in [6.45, 7) is 2.08. The van der Waals surface area contributed by atoms with Crippen LogP contribution in [0.3, 0.4) is 0 Å². The van der Waals surface area contributed by atoms with E-state index in [1.807, 2.05) is 18.2 Å². The van der Waals surface area contributed by atoms with Gasteiger partial charge in [0.05, 0.1) is 0 Å². The third kappa shape index (κ3) is 4.41. The Morgan fingerprint density at radius 1 is 1.00 bits per heavy atom. The monoisotopic (exact) mass is 291 g/mol. The average Bonchev–Trinajstić information content (AvgIpc) is 1.69. The Balaban J connectivity index is 0. The molecule has 0 aliphatic rings. The molecule has 0 aliphatic carbocycles. The van der Waals surface area contributed by atoms with E-state index < -0.39 is 0 Å². The van der Waals surface area contributed by atoms with Crippen LogP contribution in [0.5, 0.6) is 0 Å². The molecule has 0 nitrogen and oxygen atoms in total. The van der Waals surface area contributed by atoms with E-state index in [2.05, 4.69) is 19.1 Å². The molecule has 1 rings (SSSR count). The van der Waals surface area contributed by atoms with E-state index in [0.29, 0.717) is 0 Å². The average molecular weight is 291 g/mol. The van der Waals surface area contributed by atoms with Crippen LogP contribution in [0.4, 0.5) is 0 Å². The van der Waals surface area contributed by atoms with Crippen molar-refractivity contribution in [1.29, 1.82) is 0 Å². The van der Waals surface area contributed by atoms with Crippen molar-refractivity contribution in [2.75, 3.05) is 0 Å². The molecular formula is C8H11W-. The van der Waals surface area contributed by atoms with Gasteiger partial charge in [0.2, 0.25) is 0 Å². The molecule has 0 N–H and O–H groups in total. The van der Waals surface area contributed by atoms with Crippen LogP contribution in [0.25, 0.3) is 0 Å². The van der Waals surface area contributed by atoms with Crippen molar-refractivity contribution in [2.45, 2.75) is 6.92 Å². The maximum Gasteiger partial charge on any atom is 0 e. The van der Waals surface area contributed by atoms with Gasteiger partial charge in [0, 0.05) is 21.1 Å². The zero-order valence-corrected chi connectivity index (χ0v) is 8.73. The maximum absolute atomic E-state index is 2.08.